The zero-order valence-electron chi connectivity index (χ0n) is 7.09. The summed E-state index contributed by atoms with van der Waals surface area (Å²) >= 11 is 0. The Balaban J connectivity index is 2.16. The molecule has 2 N–H and O–H groups in total. The van der Waals surface area contributed by atoms with Gasteiger partial charge in [0.1, 0.15) is 0 Å². The number of nitrogens with one attached hydrogen (secondary N) is 1. The van der Waals surface area contributed by atoms with Crippen molar-refractivity contribution >= 4 is 0 Å². The van der Waals surface area contributed by atoms with Gasteiger partial charge in [-0.2, -0.15) is 0 Å². The van der Waals surface area contributed by atoms with E-state index in [1.54, 1.807) is 0 Å². The van der Waals surface area contributed by atoms with Gasteiger partial charge in [-0.3, -0.25) is 0 Å². The second-order valence-electron chi connectivity index (χ2n) is 2.75. The molecule has 0 aliphatic heterocycles. The molecule has 2 heteroatoms. The maximum Gasteiger partial charge on any atom is 0.0207 e. The average Bonchev–Trinajstić information content (AvgIpc) is 2.14. The largest absolute Gasteiger partial charge is 0.317 e. The lowest BCUT2D eigenvalue weighted by atomic mass is 10.1. The Hall–Kier alpha value is -0.860. The molecule has 0 heterocycles. The van der Waals surface area contributed by atoms with E-state index in [0.29, 0.717) is 6.54 Å². The molecule has 0 aromatic heterocycles. The first kappa shape index (κ1) is 9.23. The van der Waals surface area contributed by atoms with Crippen molar-refractivity contribution in [3.05, 3.63) is 35.9 Å². The molecule has 12 heavy (non-hydrogen) atoms. The summed E-state index contributed by atoms with van der Waals surface area (Å²) in [4.78, 5) is 0. The highest BCUT2D eigenvalue weighted by Gasteiger charge is 1.91. The van der Waals surface area contributed by atoms with Gasteiger partial charge in [-0.1, -0.05) is 24.3 Å². The molecule has 0 aliphatic rings. The van der Waals surface area contributed by atoms with Crippen LogP contribution in [0.3, 0.4) is 0 Å². The van der Waals surface area contributed by atoms with Crippen molar-refractivity contribution in [2.45, 2.75) is 19.3 Å². The van der Waals surface area contributed by atoms with Crippen molar-refractivity contribution in [3.8, 4) is 0 Å². The number of rotatable bonds is 5. The van der Waals surface area contributed by atoms with E-state index in [-0.39, 0.29) is 0 Å². The minimum atomic E-state index is 0.673. The van der Waals surface area contributed by atoms with Crippen LogP contribution in [-0.2, 0) is 6.42 Å². The average molecular weight is 164 g/mol. The van der Waals surface area contributed by atoms with Crippen molar-refractivity contribution in [2.24, 2.45) is 0 Å². The van der Waals surface area contributed by atoms with Crippen molar-refractivity contribution in [1.82, 2.24) is 5.48 Å². The molecule has 0 saturated heterocycles. The fourth-order valence-electron chi connectivity index (χ4n) is 1.11. The van der Waals surface area contributed by atoms with E-state index in [4.69, 9.17) is 5.21 Å². The smallest absolute Gasteiger partial charge is 0.0207 e. The highest BCUT2D eigenvalue weighted by atomic mass is 16.5. The highest BCUT2D eigenvalue weighted by Crippen LogP contribution is 2.02. The molecule has 0 spiro atoms. The van der Waals surface area contributed by atoms with Gasteiger partial charge in [0.25, 0.3) is 0 Å². The SMILES string of the molecule is ONCCCCc1[c]cccc1. The normalized spacial score (nSPS) is 10.1. The van der Waals surface area contributed by atoms with Crippen LogP contribution in [0.1, 0.15) is 18.4 Å². The highest BCUT2D eigenvalue weighted by molar-refractivity contribution is 5.12. The lowest BCUT2D eigenvalue weighted by molar-refractivity contribution is 0.165. The molecular formula is C10H14NO. The predicted octanol–water partition coefficient (Wildman–Crippen LogP) is 1.79. The minimum absolute atomic E-state index is 0.673. The van der Waals surface area contributed by atoms with Crippen molar-refractivity contribution < 1.29 is 5.21 Å². The molecule has 1 aromatic rings. The monoisotopic (exact) mass is 164 g/mol. The summed E-state index contributed by atoms with van der Waals surface area (Å²) in [5.41, 5.74) is 3.39. The number of hydrogen-bond acceptors (Lipinski definition) is 2. The van der Waals surface area contributed by atoms with Gasteiger partial charge in [-0.25, -0.2) is 5.48 Å². The van der Waals surface area contributed by atoms with Crippen LogP contribution in [0.5, 0.6) is 0 Å². The second kappa shape index (κ2) is 5.75. The van der Waals surface area contributed by atoms with Gasteiger partial charge < -0.3 is 5.21 Å². The number of hydroxylamine groups is 1. The van der Waals surface area contributed by atoms with Crippen LogP contribution in [-0.4, -0.2) is 11.8 Å². The van der Waals surface area contributed by atoms with E-state index in [1.165, 1.54) is 5.56 Å². The molecule has 1 radical (unpaired) electrons. The molecule has 0 atom stereocenters. The maximum atomic E-state index is 8.31. The van der Waals surface area contributed by atoms with E-state index in [2.05, 4.69) is 17.6 Å². The predicted molar refractivity (Wildman–Crippen MR) is 48.0 cm³/mol. The van der Waals surface area contributed by atoms with Crippen molar-refractivity contribution in [2.75, 3.05) is 6.54 Å². The second-order valence-corrected chi connectivity index (χ2v) is 2.75. The molecular weight excluding hydrogens is 150 g/mol. The topological polar surface area (TPSA) is 32.3 Å². The Morgan fingerprint density at radius 1 is 1.33 bits per heavy atom. The summed E-state index contributed by atoms with van der Waals surface area (Å²) in [6.07, 6.45) is 3.13. The van der Waals surface area contributed by atoms with Gasteiger partial charge >= 0.3 is 0 Å². The Morgan fingerprint density at radius 3 is 2.92 bits per heavy atom. The number of hydrogen-bond donors (Lipinski definition) is 2. The van der Waals surface area contributed by atoms with Crippen molar-refractivity contribution in [1.29, 1.82) is 0 Å². The number of benzene rings is 1. The molecule has 1 rings (SSSR count). The third-order valence-electron chi connectivity index (χ3n) is 1.76. The van der Waals surface area contributed by atoms with Crippen LogP contribution in [0.15, 0.2) is 24.3 Å². The summed E-state index contributed by atoms with van der Waals surface area (Å²) < 4.78 is 0. The summed E-state index contributed by atoms with van der Waals surface area (Å²) in [5.74, 6) is 0. The molecule has 1 aromatic carbocycles. The Morgan fingerprint density at radius 2 is 2.25 bits per heavy atom. The Labute approximate surface area is 73.2 Å². The summed E-state index contributed by atoms with van der Waals surface area (Å²) in [5, 5.41) is 8.31. The van der Waals surface area contributed by atoms with E-state index in [9.17, 15) is 0 Å². The fraction of sp³-hybridized carbons (Fsp3) is 0.400. The van der Waals surface area contributed by atoms with Gasteiger partial charge in [-0.15, -0.1) is 0 Å². The molecule has 0 unspecified atom stereocenters. The first-order valence-corrected chi connectivity index (χ1v) is 4.26. The zero-order valence-corrected chi connectivity index (χ0v) is 7.09. The van der Waals surface area contributed by atoms with Crippen LogP contribution in [0.4, 0.5) is 0 Å². The molecule has 2 nitrogen and oxygen atoms in total. The molecule has 65 valence electrons. The molecule has 0 bridgehead atoms. The Kier molecular flexibility index (Phi) is 4.42. The lowest BCUT2D eigenvalue weighted by Crippen LogP contribution is -2.08. The molecule has 0 fully saturated rings. The van der Waals surface area contributed by atoms with E-state index >= 15 is 0 Å². The first-order chi connectivity index (χ1) is 5.93. The Bertz CT molecular complexity index is 198. The molecule has 0 saturated carbocycles. The van der Waals surface area contributed by atoms with Crippen LogP contribution < -0.4 is 5.48 Å². The minimum Gasteiger partial charge on any atom is -0.317 e. The van der Waals surface area contributed by atoms with Gasteiger partial charge in [0.05, 0.1) is 0 Å². The quantitative estimate of drug-likeness (QED) is 0.513. The zero-order chi connectivity index (χ0) is 8.65. The third-order valence-corrected chi connectivity index (χ3v) is 1.76. The summed E-state index contributed by atoms with van der Waals surface area (Å²) in [7, 11) is 0. The maximum absolute atomic E-state index is 8.31. The fourth-order valence-corrected chi connectivity index (χ4v) is 1.11. The first-order valence-electron chi connectivity index (χ1n) is 4.26. The number of aryl methyl sites for hydroxylation is 1. The number of unbranched alkanes of at least 4 members (excludes halogenated alkanes) is 1. The third kappa shape index (κ3) is 3.51. The van der Waals surface area contributed by atoms with Crippen molar-refractivity contribution in [3.63, 3.8) is 0 Å². The van der Waals surface area contributed by atoms with Gasteiger partial charge in [0.15, 0.2) is 0 Å². The van der Waals surface area contributed by atoms with E-state index < -0.39 is 0 Å². The molecule has 0 amide bonds. The standard InChI is InChI=1S/C10H14NO/c12-11-9-5-4-8-10-6-2-1-3-7-10/h1-3,6,11-12H,4-5,8-9H2. The van der Waals surface area contributed by atoms with Crippen LogP contribution in [0, 0.1) is 6.07 Å². The van der Waals surface area contributed by atoms with Crippen LogP contribution >= 0.6 is 0 Å². The summed E-state index contributed by atoms with van der Waals surface area (Å²) in [6, 6.07) is 11.2. The van der Waals surface area contributed by atoms with Gasteiger partial charge in [0, 0.05) is 6.54 Å². The van der Waals surface area contributed by atoms with Gasteiger partial charge in [-0.05, 0) is 30.9 Å². The van der Waals surface area contributed by atoms with E-state index in [1.807, 2.05) is 18.2 Å². The van der Waals surface area contributed by atoms with Crippen LogP contribution in [0.2, 0.25) is 0 Å². The lowest BCUT2D eigenvalue weighted by Gasteiger charge is -1.99. The summed E-state index contributed by atoms with van der Waals surface area (Å²) in [6.45, 7) is 0.673. The van der Waals surface area contributed by atoms with Crippen LogP contribution in [0.25, 0.3) is 0 Å². The molecule has 0 aliphatic carbocycles. The van der Waals surface area contributed by atoms with E-state index in [0.717, 1.165) is 19.3 Å². The van der Waals surface area contributed by atoms with Gasteiger partial charge in [0.2, 0.25) is 0 Å².